The first-order valence-corrected chi connectivity index (χ1v) is 7.86. The van der Waals surface area contributed by atoms with E-state index in [1.165, 1.54) is 0 Å². The third-order valence-corrected chi connectivity index (χ3v) is 3.98. The maximum absolute atomic E-state index is 12.3. The van der Waals surface area contributed by atoms with Crippen molar-refractivity contribution in [2.24, 2.45) is 5.92 Å². The molecule has 1 aliphatic carbocycles. The number of hydrogen-bond acceptors (Lipinski definition) is 3. The molecule has 0 radical (unpaired) electrons. The molecule has 0 aromatic heterocycles. The molecule has 5 nitrogen and oxygen atoms in total. The molecule has 0 saturated heterocycles. The zero-order chi connectivity index (χ0) is 15.9. The molecule has 5 heteroatoms. The number of aliphatic carboxylic acids is 1. The largest absolute Gasteiger partial charge is 0.494 e. The Bertz CT molecular complexity index is 521. The average molecular weight is 305 g/mol. The van der Waals surface area contributed by atoms with Gasteiger partial charge in [0.25, 0.3) is 5.91 Å². The molecule has 1 fully saturated rings. The first-order chi connectivity index (χ1) is 10.6. The standard InChI is InChI=1S/C17H23NO4/c1-2-10-22-15-5-3-4-13(11-15)16(19)18-14-8-6-12(7-9-14)17(20)21/h3-5,11-12,14H,2,6-10H2,1H3,(H,18,19)(H,20,21). The summed E-state index contributed by atoms with van der Waals surface area (Å²) in [6.45, 7) is 2.66. The first kappa shape index (κ1) is 16.3. The Morgan fingerprint density at radius 2 is 2.00 bits per heavy atom. The van der Waals surface area contributed by atoms with E-state index in [-0.39, 0.29) is 17.9 Å². The van der Waals surface area contributed by atoms with Crippen LogP contribution in [0, 0.1) is 5.92 Å². The van der Waals surface area contributed by atoms with E-state index in [9.17, 15) is 9.59 Å². The molecule has 1 aromatic carbocycles. The van der Waals surface area contributed by atoms with E-state index in [1.54, 1.807) is 18.2 Å². The number of carboxylic acid groups (broad SMARTS) is 1. The summed E-state index contributed by atoms with van der Waals surface area (Å²) in [6.07, 6.45) is 3.60. The minimum Gasteiger partial charge on any atom is -0.494 e. The van der Waals surface area contributed by atoms with Crippen molar-refractivity contribution in [3.8, 4) is 5.75 Å². The molecule has 2 N–H and O–H groups in total. The second-order valence-corrected chi connectivity index (χ2v) is 5.74. The minimum absolute atomic E-state index is 0.0586. The van der Waals surface area contributed by atoms with E-state index in [4.69, 9.17) is 9.84 Å². The molecule has 1 aromatic rings. The van der Waals surface area contributed by atoms with Crippen LogP contribution >= 0.6 is 0 Å². The fraction of sp³-hybridized carbons (Fsp3) is 0.529. The lowest BCUT2D eigenvalue weighted by molar-refractivity contribution is -0.142. The van der Waals surface area contributed by atoms with Crippen molar-refractivity contribution in [3.05, 3.63) is 29.8 Å². The van der Waals surface area contributed by atoms with Gasteiger partial charge in [0.1, 0.15) is 5.75 Å². The van der Waals surface area contributed by atoms with E-state index in [0.717, 1.165) is 6.42 Å². The third kappa shape index (κ3) is 4.48. The zero-order valence-corrected chi connectivity index (χ0v) is 12.9. The van der Waals surface area contributed by atoms with E-state index in [2.05, 4.69) is 5.32 Å². The number of benzene rings is 1. The Morgan fingerprint density at radius 3 is 2.64 bits per heavy atom. The monoisotopic (exact) mass is 305 g/mol. The Morgan fingerprint density at radius 1 is 1.27 bits per heavy atom. The Kier molecular flexibility index (Phi) is 5.81. The number of hydrogen-bond donors (Lipinski definition) is 2. The number of nitrogens with one attached hydrogen (secondary N) is 1. The summed E-state index contributed by atoms with van der Waals surface area (Å²) in [5.74, 6) is -0.422. The first-order valence-electron chi connectivity index (χ1n) is 7.86. The highest BCUT2D eigenvalue weighted by atomic mass is 16.5. The highest BCUT2D eigenvalue weighted by Crippen LogP contribution is 2.24. The zero-order valence-electron chi connectivity index (χ0n) is 12.9. The number of ether oxygens (including phenoxy) is 1. The number of rotatable bonds is 6. The predicted octanol–water partition coefficient (Wildman–Crippen LogP) is 2.85. The van der Waals surface area contributed by atoms with Crippen LogP contribution in [0.25, 0.3) is 0 Å². The second kappa shape index (κ2) is 7.82. The molecule has 22 heavy (non-hydrogen) atoms. The fourth-order valence-corrected chi connectivity index (χ4v) is 2.70. The minimum atomic E-state index is -0.731. The molecule has 0 spiro atoms. The maximum atomic E-state index is 12.3. The molecule has 1 amide bonds. The van der Waals surface area contributed by atoms with Crippen LogP contribution < -0.4 is 10.1 Å². The smallest absolute Gasteiger partial charge is 0.306 e. The molecule has 1 saturated carbocycles. The van der Waals surface area contributed by atoms with Gasteiger partial charge in [0.05, 0.1) is 12.5 Å². The van der Waals surface area contributed by atoms with Gasteiger partial charge in [0.2, 0.25) is 0 Å². The van der Waals surface area contributed by atoms with Gasteiger partial charge in [0, 0.05) is 11.6 Å². The molecule has 0 aliphatic heterocycles. The average Bonchev–Trinajstić information content (AvgIpc) is 2.53. The molecular formula is C17H23NO4. The van der Waals surface area contributed by atoms with Crippen molar-refractivity contribution < 1.29 is 19.4 Å². The third-order valence-electron chi connectivity index (χ3n) is 3.98. The van der Waals surface area contributed by atoms with Crippen LogP contribution in [0.3, 0.4) is 0 Å². The summed E-state index contributed by atoms with van der Waals surface area (Å²) < 4.78 is 5.53. The Labute approximate surface area is 130 Å². The summed E-state index contributed by atoms with van der Waals surface area (Å²) in [7, 11) is 0. The molecule has 0 unspecified atom stereocenters. The highest BCUT2D eigenvalue weighted by Gasteiger charge is 2.26. The van der Waals surface area contributed by atoms with Gasteiger partial charge in [-0.3, -0.25) is 9.59 Å². The summed E-state index contributed by atoms with van der Waals surface area (Å²) in [4.78, 5) is 23.2. The maximum Gasteiger partial charge on any atom is 0.306 e. The van der Waals surface area contributed by atoms with Crippen LogP contribution in [0.4, 0.5) is 0 Å². The van der Waals surface area contributed by atoms with Gasteiger partial charge in [-0.05, 0) is 50.3 Å². The summed E-state index contributed by atoms with van der Waals surface area (Å²) in [5.41, 5.74) is 0.578. The topological polar surface area (TPSA) is 75.6 Å². The molecule has 2 rings (SSSR count). The lowest BCUT2D eigenvalue weighted by Crippen LogP contribution is -2.38. The lowest BCUT2D eigenvalue weighted by Gasteiger charge is -2.26. The second-order valence-electron chi connectivity index (χ2n) is 5.74. The van der Waals surface area contributed by atoms with Crippen LogP contribution in [0.1, 0.15) is 49.4 Å². The van der Waals surface area contributed by atoms with E-state index in [1.807, 2.05) is 13.0 Å². The van der Waals surface area contributed by atoms with Crippen molar-refractivity contribution in [3.63, 3.8) is 0 Å². The van der Waals surface area contributed by atoms with Crippen molar-refractivity contribution in [1.29, 1.82) is 0 Å². The summed E-state index contributed by atoms with van der Waals surface area (Å²) >= 11 is 0. The molecule has 0 atom stereocenters. The normalized spacial score (nSPS) is 21.1. The Hall–Kier alpha value is -2.04. The van der Waals surface area contributed by atoms with Gasteiger partial charge in [-0.2, -0.15) is 0 Å². The number of amides is 1. The molecule has 0 heterocycles. The van der Waals surface area contributed by atoms with Crippen LogP contribution in [0.15, 0.2) is 24.3 Å². The van der Waals surface area contributed by atoms with Gasteiger partial charge in [-0.25, -0.2) is 0 Å². The molecule has 0 bridgehead atoms. The summed E-state index contributed by atoms with van der Waals surface area (Å²) in [5, 5.41) is 12.0. The van der Waals surface area contributed by atoms with Crippen LogP contribution in [0.2, 0.25) is 0 Å². The van der Waals surface area contributed by atoms with Gasteiger partial charge in [0.15, 0.2) is 0 Å². The van der Waals surface area contributed by atoms with Crippen LogP contribution in [-0.2, 0) is 4.79 Å². The van der Waals surface area contributed by atoms with E-state index in [0.29, 0.717) is 43.6 Å². The molecular weight excluding hydrogens is 282 g/mol. The van der Waals surface area contributed by atoms with Crippen molar-refractivity contribution in [2.75, 3.05) is 6.61 Å². The van der Waals surface area contributed by atoms with Crippen molar-refractivity contribution in [1.82, 2.24) is 5.32 Å². The molecule has 120 valence electrons. The predicted molar refractivity (Wildman–Crippen MR) is 83.1 cm³/mol. The fourth-order valence-electron chi connectivity index (χ4n) is 2.70. The number of carbonyl (C=O) groups excluding carboxylic acids is 1. The lowest BCUT2D eigenvalue weighted by atomic mass is 9.86. The highest BCUT2D eigenvalue weighted by molar-refractivity contribution is 5.94. The Balaban J connectivity index is 1.88. The summed E-state index contributed by atoms with van der Waals surface area (Å²) in [6, 6.07) is 7.21. The quantitative estimate of drug-likeness (QED) is 0.847. The van der Waals surface area contributed by atoms with Crippen LogP contribution in [0.5, 0.6) is 5.75 Å². The van der Waals surface area contributed by atoms with Crippen molar-refractivity contribution in [2.45, 2.75) is 45.1 Å². The van der Waals surface area contributed by atoms with E-state index >= 15 is 0 Å². The van der Waals surface area contributed by atoms with Gasteiger partial charge < -0.3 is 15.2 Å². The van der Waals surface area contributed by atoms with E-state index < -0.39 is 5.97 Å². The van der Waals surface area contributed by atoms with Crippen molar-refractivity contribution >= 4 is 11.9 Å². The van der Waals surface area contributed by atoms with Crippen LogP contribution in [-0.4, -0.2) is 29.6 Å². The number of carbonyl (C=O) groups is 2. The number of carboxylic acids is 1. The van der Waals surface area contributed by atoms with Gasteiger partial charge in [-0.15, -0.1) is 0 Å². The molecule has 1 aliphatic rings. The van der Waals surface area contributed by atoms with Gasteiger partial charge in [-0.1, -0.05) is 13.0 Å². The SMILES string of the molecule is CCCOc1cccc(C(=O)NC2CCC(C(=O)O)CC2)c1. The van der Waals surface area contributed by atoms with Gasteiger partial charge >= 0.3 is 5.97 Å².